The third-order valence-corrected chi connectivity index (χ3v) is 2.93. The number of thioether (sulfide) groups is 1. The SMILES string of the molecule is CSc1nc(N)n(-c2ccc(Br)cc2)n1. The van der Waals surface area contributed by atoms with Crippen molar-refractivity contribution in [2.75, 3.05) is 12.0 Å². The summed E-state index contributed by atoms with van der Waals surface area (Å²) < 4.78 is 2.65. The first kappa shape index (κ1) is 10.5. The van der Waals surface area contributed by atoms with E-state index in [0.717, 1.165) is 10.2 Å². The van der Waals surface area contributed by atoms with Gasteiger partial charge in [0.05, 0.1) is 5.69 Å². The molecular weight excluding hydrogens is 276 g/mol. The van der Waals surface area contributed by atoms with Crippen molar-refractivity contribution in [3.05, 3.63) is 28.7 Å². The van der Waals surface area contributed by atoms with Gasteiger partial charge in [-0.1, -0.05) is 27.7 Å². The molecule has 2 rings (SSSR count). The number of hydrogen-bond acceptors (Lipinski definition) is 4. The molecule has 0 fully saturated rings. The maximum atomic E-state index is 5.75. The zero-order valence-corrected chi connectivity index (χ0v) is 10.4. The highest BCUT2D eigenvalue weighted by Crippen LogP contribution is 2.18. The molecule has 0 bridgehead atoms. The highest BCUT2D eigenvalue weighted by Gasteiger charge is 2.07. The lowest BCUT2D eigenvalue weighted by molar-refractivity contribution is 0.841. The molecule has 0 saturated carbocycles. The van der Waals surface area contributed by atoms with Crippen LogP contribution < -0.4 is 5.73 Å². The van der Waals surface area contributed by atoms with Crippen molar-refractivity contribution in [3.63, 3.8) is 0 Å². The molecule has 15 heavy (non-hydrogen) atoms. The van der Waals surface area contributed by atoms with E-state index < -0.39 is 0 Å². The van der Waals surface area contributed by atoms with Crippen LogP contribution in [0.15, 0.2) is 33.9 Å². The van der Waals surface area contributed by atoms with E-state index in [9.17, 15) is 0 Å². The van der Waals surface area contributed by atoms with Gasteiger partial charge < -0.3 is 5.73 Å². The summed E-state index contributed by atoms with van der Waals surface area (Å²) in [5.41, 5.74) is 6.66. The van der Waals surface area contributed by atoms with Crippen LogP contribution in [-0.4, -0.2) is 21.0 Å². The predicted molar refractivity (Wildman–Crippen MR) is 65.3 cm³/mol. The van der Waals surface area contributed by atoms with Crippen LogP contribution in [0.1, 0.15) is 0 Å². The summed E-state index contributed by atoms with van der Waals surface area (Å²) in [7, 11) is 0. The van der Waals surface area contributed by atoms with Crippen LogP contribution in [-0.2, 0) is 0 Å². The number of halogens is 1. The van der Waals surface area contributed by atoms with Crippen molar-refractivity contribution in [1.82, 2.24) is 14.8 Å². The Kier molecular flexibility index (Phi) is 2.97. The Morgan fingerprint density at radius 1 is 1.33 bits per heavy atom. The maximum absolute atomic E-state index is 5.75. The number of nitrogens with zero attached hydrogens (tertiary/aromatic N) is 3. The molecule has 1 aromatic heterocycles. The second-order valence-electron chi connectivity index (χ2n) is 2.84. The second-order valence-corrected chi connectivity index (χ2v) is 4.53. The monoisotopic (exact) mass is 284 g/mol. The highest BCUT2D eigenvalue weighted by molar-refractivity contribution is 9.10. The first-order valence-electron chi connectivity index (χ1n) is 4.23. The maximum Gasteiger partial charge on any atom is 0.224 e. The Labute approximate surface area is 100 Å². The van der Waals surface area contributed by atoms with E-state index in [1.54, 1.807) is 4.68 Å². The number of anilines is 1. The van der Waals surface area contributed by atoms with Gasteiger partial charge in [-0.15, -0.1) is 5.10 Å². The van der Waals surface area contributed by atoms with Gasteiger partial charge in [0.25, 0.3) is 0 Å². The minimum atomic E-state index is 0.404. The molecule has 0 aliphatic heterocycles. The van der Waals surface area contributed by atoms with Gasteiger partial charge in [0.1, 0.15) is 0 Å². The molecule has 0 saturated heterocycles. The van der Waals surface area contributed by atoms with Gasteiger partial charge in [0.2, 0.25) is 11.1 Å². The van der Waals surface area contributed by atoms with Crippen LogP contribution in [0.25, 0.3) is 5.69 Å². The summed E-state index contributed by atoms with van der Waals surface area (Å²) >= 11 is 4.84. The lowest BCUT2D eigenvalue weighted by Gasteiger charge is -2.01. The third-order valence-electron chi connectivity index (χ3n) is 1.87. The molecule has 0 aliphatic carbocycles. The fraction of sp³-hybridized carbons (Fsp3) is 0.111. The molecule has 0 radical (unpaired) electrons. The van der Waals surface area contributed by atoms with Crippen molar-refractivity contribution >= 4 is 33.6 Å². The molecule has 0 unspecified atom stereocenters. The Hall–Kier alpha value is -1.01. The Bertz CT molecular complexity index is 465. The predicted octanol–water partition coefficient (Wildman–Crippen LogP) is 2.33. The number of aromatic nitrogens is 3. The Balaban J connectivity index is 2.44. The average molecular weight is 285 g/mol. The molecule has 78 valence electrons. The third kappa shape index (κ3) is 2.15. The van der Waals surface area contributed by atoms with Crippen molar-refractivity contribution in [2.24, 2.45) is 0 Å². The van der Waals surface area contributed by atoms with Crippen LogP contribution >= 0.6 is 27.7 Å². The number of nitrogen functional groups attached to an aromatic ring is 1. The second kappa shape index (κ2) is 4.24. The van der Waals surface area contributed by atoms with Crippen molar-refractivity contribution in [1.29, 1.82) is 0 Å². The minimum absolute atomic E-state index is 0.404. The normalized spacial score (nSPS) is 10.5. The number of rotatable bonds is 2. The summed E-state index contributed by atoms with van der Waals surface area (Å²) in [6, 6.07) is 7.74. The molecule has 2 aromatic rings. The van der Waals surface area contributed by atoms with E-state index in [2.05, 4.69) is 26.0 Å². The van der Waals surface area contributed by atoms with E-state index in [1.165, 1.54) is 11.8 Å². The molecule has 0 amide bonds. The number of nitrogens with two attached hydrogens (primary N) is 1. The number of benzene rings is 1. The van der Waals surface area contributed by atoms with Crippen molar-refractivity contribution < 1.29 is 0 Å². The fourth-order valence-electron chi connectivity index (χ4n) is 1.16. The molecule has 4 nitrogen and oxygen atoms in total. The standard InChI is InChI=1S/C9H9BrN4S/c1-15-9-12-8(11)14(13-9)7-4-2-6(10)3-5-7/h2-5H,1H3,(H2,11,12,13). The topological polar surface area (TPSA) is 56.7 Å². The van der Waals surface area contributed by atoms with Crippen molar-refractivity contribution in [3.8, 4) is 5.69 Å². The van der Waals surface area contributed by atoms with Gasteiger partial charge >= 0.3 is 0 Å². The van der Waals surface area contributed by atoms with Crippen LogP contribution in [0.5, 0.6) is 0 Å². The lowest BCUT2D eigenvalue weighted by Crippen LogP contribution is -2.01. The highest BCUT2D eigenvalue weighted by atomic mass is 79.9. The molecule has 0 spiro atoms. The quantitative estimate of drug-likeness (QED) is 0.860. The van der Waals surface area contributed by atoms with E-state index in [4.69, 9.17) is 5.73 Å². The first-order valence-corrected chi connectivity index (χ1v) is 6.25. The van der Waals surface area contributed by atoms with Crippen LogP contribution in [0, 0.1) is 0 Å². The first-order chi connectivity index (χ1) is 7.20. The summed E-state index contributed by atoms with van der Waals surface area (Å²) in [5, 5.41) is 4.93. The Morgan fingerprint density at radius 3 is 2.53 bits per heavy atom. The van der Waals surface area contributed by atoms with E-state index in [0.29, 0.717) is 11.1 Å². The molecule has 2 N–H and O–H groups in total. The largest absolute Gasteiger partial charge is 0.368 e. The minimum Gasteiger partial charge on any atom is -0.368 e. The zero-order chi connectivity index (χ0) is 10.8. The van der Waals surface area contributed by atoms with Gasteiger partial charge in [-0.3, -0.25) is 0 Å². The lowest BCUT2D eigenvalue weighted by atomic mass is 10.3. The van der Waals surface area contributed by atoms with E-state index in [-0.39, 0.29) is 0 Å². The zero-order valence-electron chi connectivity index (χ0n) is 8.01. The fourth-order valence-corrected chi connectivity index (χ4v) is 1.78. The van der Waals surface area contributed by atoms with E-state index in [1.807, 2.05) is 30.5 Å². The van der Waals surface area contributed by atoms with Gasteiger partial charge in [-0.25, -0.2) is 0 Å². The van der Waals surface area contributed by atoms with Crippen molar-refractivity contribution in [2.45, 2.75) is 5.16 Å². The van der Waals surface area contributed by atoms with E-state index >= 15 is 0 Å². The van der Waals surface area contributed by atoms with Crippen LogP contribution in [0.3, 0.4) is 0 Å². The molecule has 0 atom stereocenters. The number of hydrogen-bond donors (Lipinski definition) is 1. The molecule has 1 heterocycles. The summed E-state index contributed by atoms with van der Waals surface area (Å²) in [6.45, 7) is 0. The van der Waals surface area contributed by atoms with Gasteiger partial charge in [0.15, 0.2) is 0 Å². The van der Waals surface area contributed by atoms with Gasteiger partial charge in [0, 0.05) is 4.47 Å². The summed E-state index contributed by atoms with van der Waals surface area (Å²) in [5.74, 6) is 0.404. The van der Waals surface area contributed by atoms with Gasteiger partial charge in [-0.2, -0.15) is 9.67 Å². The molecule has 6 heteroatoms. The molecule has 1 aromatic carbocycles. The molecule has 0 aliphatic rings. The summed E-state index contributed by atoms with van der Waals surface area (Å²) in [4.78, 5) is 4.11. The average Bonchev–Trinajstić information content (AvgIpc) is 2.61. The smallest absolute Gasteiger partial charge is 0.224 e. The molecular formula is C9H9BrN4S. The Morgan fingerprint density at radius 2 is 2.00 bits per heavy atom. The van der Waals surface area contributed by atoms with Gasteiger partial charge in [-0.05, 0) is 30.5 Å². The summed E-state index contributed by atoms with van der Waals surface area (Å²) in [6.07, 6.45) is 1.92. The van der Waals surface area contributed by atoms with Crippen LogP contribution in [0.2, 0.25) is 0 Å². The van der Waals surface area contributed by atoms with Crippen LogP contribution in [0.4, 0.5) is 5.95 Å².